The van der Waals surface area contributed by atoms with Crippen LogP contribution in [0.5, 0.6) is 0 Å². The van der Waals surface area contributed by atoms with Gasteiger partial charge < -0.3 is 9.88 Å². The van der Waals surface area contributed by atoms with Gasteiger partial charge in [-0.15, -0.1) is 0 Å². The Balaban J connectivity index is 2.22. The lowest BCUT2D eigenvalue weighted by Gasteiger charge is -2.13. The van der Waals surface area contributed by atoms with E-state index in [9.17, 15) is 4.39 Å². The Kier molecular flexibility index (Phi) is 4.94. The zero-order valence-electron chi connectivity index (χ0n) is 12.0. The van der Waals surface area contributed by atoms with Crippen LogP contribution in [0.3, 0.4) is 0 Å². The second-order valence-electron chi connectivity index (χ2n) is 5.15. The smallest absolute Gasteiger partial charge is 0.124 e. The van der Waals surface area contributed by atoms with Gasteiger partial charge in [-0.25, -0.2) is 9.37 Å². The molecule has 0 atom stereocenters. The lowest BCUT2D eigenvalue weighted by atomic mass is 10.2. The van der Waals surface area contributed by atoms with Crippen LogP contribution in [0.4, 0.5) is 4.39 Å². The van der Waals surface area contributed by atoms with Crippen molar-refractivity contribution in [2.75, 3.05) is 0 Å². The molecule has 1 aromatic carbocycles. The molecule has 0 aliphatic rings. The Hall–Kier alpha value is -1.20. The highest BCUT2D eigenvalue weighted by Crippen LogP contribution is 2.20. The van der Waals surface area contributed by atoms with Crippen LogP contribution in [0.25, 0.3) is 0 Å². The summed E-state index contributed by atoms with van der Waals surface area (Å²) < 4.78 is 16.1. The zero-order valence-corrected chi connectivity index (χ0v) is 13.5. The number of imidazole rings is 1. The fourth-order valence-electron chi connectivity index (χ4n) is 2.00. The predicted octanol–water partition coefficient (Wildman–Crippen LogP) is 3.64. The second-order valence-corrected chi connectivity index (χ2v) is 6.01. The molecule has 1 aromatic heterocycles. The molecule has 0 radical (unpaired) electrons. The molecule has 2 aromatic rings. The molecule has 20 heavy (non-hydrogen) atoms. The fourth-order valence-corrected chi connectivity index (χ4v) is 2.48. The van der Waals surface area contributed by atoms with Gasteiger partial charge in [0.1, 0.15) is 11.6 Å². The van der Waals surface area contributed by atoms with Crippen molar-refractivity contribution in [3.05, 3.63) is 51.8 Å². The van der Waals surface area contributed by atoms with E-state index in [1.807, 2.05) is 13.1 Å². The van der Waals surface area contributed by atoms with Crippen LogP contribution in [-0.2, 0) is 13.1 Å². The Labute approximate surface area is 127 Å². The largest absolute Gasteiger partial charge is 0.327 e. The maximum atomic E-state index is 13.1. The molecular formula is C15H19BrFN3. The summed E-state index contributed by atoms with van der Waals surface area (Å²) >= 11 is 3.41. The van der Waals surface area contributed by atoms with Gasteiger partial charge in [0.25, 0.3) is 0 Å². The first-order valence-corrected chi connectivity index (χ1v) is 7.45. The van der Waals surface area contributed by atoms with Crippen LogP contribution < -0.4 is 5.32 Å². The number of benzene rings is 1. The summed E-state index contributed by atoms with van der Waals surface area (Å²) in [5.74, 6) is 0.728. The molecule has 0 fully saturated rings. The van der Waals surface area contributed by atoms with Gasteiger partial charge in [0.15, 0.2) is 0 Å². The quantitative estimate of drug-likeness (QED) is 0.901. The number of halogens is 2. The van der Waals surface area contributed by atoms with E-state index in [0.717, 1.165) is 28.1 Å². The summed E-state index contributed by atoms with van der Waals surface area (Å²) in [5, 5.41) is 3.39. The maximum Gasteiger partial charge on any atom is 0.124 e. The summed E-state index contributed by atoms with van der Waals surface area (Å²) in [7, 11) is 0. The highest BCUT2D eigenvalue weighted by Gasteiger charge is 2.10. The van der Waals surface area contributed by atoms with Crippen molar-refractivity contribution < 1.29 is 4.39 Å². The average Bonchev–Trinajstić information content (AvgIpc) is 2.71. The molecule has 0 unspecified atom stereocenters. The third-order valence-electron chi connectivity index (χ3n) is 3.17. The van der Waals surface area contributed by atoms with Crippen molar-refractivity contribution in [3.63, 3.8) is 0 Å². The van der Waals surface area contributed by atoms with Gasteiger partial charge in [0, 0.05) is 23.3 Å². The van der Waals surface area contributed by atoms with Crippen molar-refractivity contribution in [3.8, 4) is 0 Å². The van der Waals surface area contributed by atoms with Gasteiger partial charge in [-0.05, 0) is 24.6 Å². The molecule has 0 saturated carbocycles. The van der Waals surface area contributed by atoms with E-state index in [2.05, 4.69) is 44.6 Å². The van der Waals surface area contributed by atoms with Crippen molar-refractivity contribution in [2.45, 2.75) is 39.9 Å². The molecule has 108 valence electrons. The van der Waals surface area contributed by atoms with E-state index in [0.29, 0.717) is 12.6 Å². The maximum absolute atomic E-state index is 13.1. The molecule has 0 aliphatic heterocycles. The normalized spacial score (nSPS) is 11.3. The van der Waals surface area contributed by atoms with E-state index in [1.165, 1.54) is 12.1 Å². The third kappa shape index (κ3) is 3.67. The van der Waals surface area contributed by atoms with E-state index < -0.39 is 0 Å². The second kappa shape index (κ2) is 6.50. The molecule has 2 rings (SSSR count). The van der Waals surface area contributed by atoms with Gasteiger partial charge in [-0.2, -0.15) is 0 Å². The lowest BCUT2D eigenvalue weighted by molar-refractivity contribution is 0.561. The van der Waals surface area contributed by atoms with E-state index >= 15 is 0 Å². The molecule has 1 heterocycles. The van der Waals surface area contributed by atoms with Crippen LogP contribution in [0.15, 0.2) is 28.9 Å². The van der Waals surface area contributed by atoms with E-state index in [-0.39, 0.29) is 5.82 Å². The first-order chi connectivity index (χ1) is 9.47. The first-order valence-electron chi connectivity index (χ1n) is 6.65. The Bertz CT molecular complexity index is 593. The highest BCUT2D eigenvalue weighted by molar-refractivity contribution is 9.10. The van der Waals surface area contributed by atoms with Crippen molar-refractivity contribution in [2.24, 2.45) is 0 Å². The number of nitrogens with zero attached hydrogens (tertiary/aromatic N) is 2. The van der Waals surface area contributed by atoms with Gasteiger partial charge in [0.2, 0.25) is 0 Å². The van der Waals surface area contributed by atoms with Crippen LogP contribution in [0, 0.1) is 12.7 Å². The molecule has 3 nitrogen and oxygen atoms in total. The molecule has 5 heteroatoms. The monoisotopic (exact) mass is 339 g/mol. The number of rotatable bonds is 5. The van der Waals surface area contributed by atoms with Gasteiger partial charge in [0.05, 0.1) is 12.2 Å². The van der Waals surface area contributed by atoms with Gasteiger partial charge >= 0.3 is 0 Å². The zero-order chi connectivity index (χ0) is 14.7. The summed E-state index contributed by atoms with van der Waals surface area (Å²) in [6.45, 7) is 7.67. The summed E-state index contributed by atoms with van der Waals surface area (Å²) in [5.41, 5.74) is 2.17. The molecular weight excluding hydrogens is 321 g/mol. The SMILES string of the molecule is Cc1ncc(CNC(C)C)n1Cc1ccc(F)cc1Br. The number of hydrogen-bond donors (Lipinski definition) is 1. The topological polar surface area (TPSA) is 29.9 Å². The summed E-state index contributed by atoms with van der Waals surface area (Å²) in [4.78, 5) is 4.37. The number of aromatic nitrogens is 2. The predicted molar refractivity (Wildman–Crippen MR) is 82.1 cm³/mol. The minimum absolute atomic E-state index is 0.232. The molecule has 0 spiro atoms. The van der Waals surface area contributed by atoms with Crippen LogP contribution in [0.2, 0.25) is 0 Å². The van der Waals surface area contributed by atoms with Crippen LogP contribution >= 0.6 is 15.9 Å². The number of aryl methyl sites for hydroxylation is 1. The molecule has 0 saturated heterocycles. The van der Waals surface area contributed by atoms with Crippen molar-refractivity contribution in [1.29, 1.82) is 0 Å². The minimum Gasteiger partial charge on any atom is -0.327 e. The van der Waals surface area contributed by atoms with E-state index in [4.69, 9.17) is 0 Å². The Morgan fingerprint density at radius 2 is 2.15 bits per heavy atom. The Morgan fingerprint density at radius 3 is 2.80 bits per heavy atom. The van der Waals surface area contributed by atoms with Gasteiger partial charge in [-0.3, -0.25) is 0 Å². The van der Waals surface area contributed by atoms with E-state index in [1.54, 1.807) is 6.07 Å². The van der Waals surface area contributed by atoms with Crippen molar-refractivity contribution in [1.82, 2.24) is 14.9 Å². The Morgan fingerprint density at radius 1 is 1.40 bits per heavy atom. The van der Waals surface area contributed by atoms with Gasteiger partial charge in [-0.1, -0.05) is 35.8 Å². The van der Waals surface area contributed by atoms with Crippen molar-refractivity contribution >= 4 is 15.9 Å². The van der Waals surface area contributed by atoms with Crippen LogP contribution in [-0.4, -0.2) is 15.6 Å². The summed E-state index contributed by atoms with van der Waals surface area (Å²) in [6.07, 6.45) is 1.89. The highest BCUT2D eigenvalue weighted by atomic mass is 79.9. The third-order valence-corrected chi connectivity index (χ3v) is 3.91. The standard InChI is InChI=1S/C15H19BrFN3/c1-10(2)18-7-14-8-19-11(3)20(14)9-12-4-5-13(17)6-15(12)16/h4-6,8,10,18H,7,9H2,1-3H3. The fraction of sp³-hybridized carbons (Fsp3) is 0.400. The lowest BCUT2D eigenvalue weighted by Crippen LogP contribution is -2.23. The number of nitrogens with one attached hydrogen (secondary N) is 1. The summed E-state index contributed by atoms with van der Waals surface area (Å²) in [6, 6.07) is 5.21. The average molecular weight is 340 g/mol. The molecule has 0 amide bonds. The molecule has 0 aliphatic carbocycles. The molecule has 0 bridgehead atoms. The number of hydrogen-bond acceptors (Lipinski definition) is 2. The first kappa shape index (κ1) is 15.2. The molecule has 1 N–H and O–H groups in total. The minimum atomic E-state index is -0.232. The van der Waals surface area contributed by atoms with Crippen LogP contribution in [0.1, 0.15) is 30.9 Å².